The van der Waals surface area contributed by atoms with Gasteiger partial charge in [0.25, 0.3) is 5.71 Å². The van der Waals surface area contributed by atoms with Gasteiger partial charge in [0.15, 0.2) is 17.3 Å². The van der Waals surface area contributed by atoms with Crippen molar-refractivity contribution in [1.82, 2.24) is 15.1 Å². The number of ketones is 1. The number of rotatable bonds is 4. The fourth-order valence-corrected chi connectivity index (χ4v) is 4.10. The van der Waals surface area contributed by atoms with Crippen molar-refractivity contribution < 1.29 is 23.6 Å². The largest absolute Gasteiger partial charge is 0.454 e. The zero-order valence-electron chi connectivity index (χ0n) is 17.2. The standard InChI is InChI=1S/C21H21N5O5/c1-11-18-19(22-9-23-21(18)31-25-11)26-5-3-4-13(8-26)20(28)24-15-7-17-16(29-10-30-17)6-14(15)12(2)27/h6-7,9,13H,3-5,8,10H2,1-2H3,(H,24,28). The molecular weight excluding hydrogens is 402 g/mol. The molecular formula is C21H21N5O5. The summed E-state index contributed by atoms with van der Waals surface area (Å²) in [5.74, 6) is 1.14. The van der Waals surface area contributed by atoms with Crippen LogP contribution in [0.2, 0.25) is 0 Å². The fraction of sp³-hybridized carbons (Fsp3) is 0.381. The second kappa shape index (κ2) is 7.53. The Morgan fingerprint density at radius 2 is 2.00 bits per heavy atom. The predicted molar refractivity (Wildman–Crippen MR) is 110 cm³/mol. The first kappa shape index (κ1) is 19.3. The molecule has 2 aromatic heterocycles. The van der Waals surface area contributed by atoms with Crippen LogP contribution in [-0.4, -0.2) is 46.7 Å². The van der Waals surface area contributed by atoms with E-state index in [1.54, 1.807) is 12.1 Å². The molecule has 0 radical (unpaired) electrons. The third-order valence-electron chi connectivity index (χ3n) is 5.66. The monoisotopic (exact) mass is 423 g/mol. The number of nitrogens with one attached hydrogen (secondary N) is 1. The number of piperidine rings is 1. The SMILES string of the molecule is CC(=O)c1cc2c(cc1NC(=O)C1CCCN(c3ncnc4onc(C)c34)C1)OCO2. The number of aryl methyl sites for hydroxylation is 1. The first-order chi connectivity index (χ1) is 15.0. The van der Waals surface area contributed by atoms with E-state index in [4.69, 9.17) is 14.0 Å². The molecule has 10 nitrogen and oxygen atoms in total. The van der Waals surface area contributed by atoms with Crippen LogP contribution >= 0.6 is 0 Å². The quantitative estimate of drug-likeness (QED) is 0.632. The number of ether oxygens (including phenoxy) is 2. The van der Waals surface area contributed by atoms with Crippen molar-refractivity contribution in [2.24, 2.45) is 5.92 Å². The summed E-state index contributed by atoms with van der Waals surface area (Å²) in [4.78, 5) is 35.8. The van der Waals surface area contributed by atoms with Crippen molar-refractivity contribution in [1.29, 1.82) is 0 Å². The van der Waals surface area contributed by atoms with E-state index >= 15 is 0 Å². The van der Waals surface area contributed by atoms with E-state index in [2.05, 4.69) is 25.3 Å². The molecule has 5 rings (SSSR count). The topological polar surface area (TPSA) is 120 Å². The minimum atomic E-state index is -0.274. The second-order valence-corrected chi connectivity index (χ2v) is 7.73. The summed E-state index contributed by atoms with van der Waals surface area (Å²) >= 11 is 0. The number of carbonyl (C=O) groups is 2. The summed E-state index contributed by atoms with van der Waals surface area (Å²) in [6.45, 7) is 4.65. The van der Waals surface area contributed by atoms with Crippen molar-refractivity contribution in [2.75, 3.05) is 30.1 Å². The maximum Gasteiger partial charge on any atom is 0.263 e. The van der Waals surface area contributed by atoms with E-state index < -0.39 is 0 Å². The molecule has 1 fully saturated rings. The molecule has 3 aromatic rings. The molecule has 0 spiro atoms. The van der Waals surface area contributed by atoms with Crippen LogP contribution in [0.5, 0.6) is 11.5 Å². The van der Waals surface area contributed by atoms with Crippen LogP contribution in [0.15, 0.2) is 23.0 Å². The van der Waals surface area contributed by atoms with Crippen LogP contribution in [0.25, 0.3) is 11.1 Å². The first-order valence-corrected chi connectivity index (χ1v) is 10.1. The Balaban J connectivity index is 1.38. The van der Waals surface area contributed by atoms with E-state index in [0.29, 0.717) is 46.5 Å². The highest BCUT2D eigenvalue weighted by atomic mass is 16.7. The predicted octanol–water partition coefficient (Wildman–Crippen LogP) is 2.71. The van der Waals surface area contributed by atoms with Gasteiger partial charge in [-0.15, -0.1) is 0 Å². The minimum absolute atomic E-state index is 0.0946. The molecule has 1 saturated heterocycles. The lowest BCUT2D eigenvalue weighted by atomic mass is 9.96. The lowest BCUT2D eigenvalue weighted by molar-refractivity contribution is -0.120. The van der Waals surface area contributed by atoms with Crippen molar-refractivity contribution in [2.45, 2.75) is 26.7 Å². The van der Waals surface area contributed by atoms with Gasteiger partial charge in [-0.25, -0.2) is 4.98 Å². The van der Waals surface area contributed by atoms with E-state index in [9.17, 15) is 9.59 Å². The number of carbonyl (C=O) groups excluding carboxylic acids is 2. The third-order valence-corrected chi connectivity index (χ3v) is 5.66. The summed E-state index contributed by atoms with van der Waals surface area (Å²) in [5.41, 5.74) is 1.96. The Labute approximate surface area is 177 Å². The maximum absolute atomic E-state index is 13.1. The van der Waals surface area contributed by atoms with E-state index in [1.165, 1.54) is 13.3 Å². The number of benzene rings is 1. The Kier molecular flexibility index (Phi) is 4.68. The molecule has 4 heterocycles. The van der Waals surface area contributed by atoms with Gasteiger partial charge in [0, 0.05) is 24.7 Å². The van der Waals surface area contributed by atoms with Crippen molar-refractivity contribution >= 4 is 34.3 Å². The van der Waals surface area contributed by atoms with Crippen LogP contribution in [-0.2, 0) is 4.79 Å². The van der Waals surface area contributed by atoms with Gasteiger partial charge in [-0.1, -0.05) is 5.16 Å². The van der Waals surface area contributed by atoms with Gasteiger partial charge in [-0.05, 0) is 32.8 Å². The van der Waals surface area contributed by atoms with E-state index in [1.807, 2.05) is 6.92 Å². The number of hydrogen-bond acceptors (Lipinski definition) is 9. The highest BCUT2D eigenvalue weighted by Crippen LogP contribution is 2.38. The van der Waals surface area contributed by atoms with Crippen LogP contribution < -0.4 is 19.7 Å². The lowest BCUT2D eigenvalue weighted by Gasteiger charge is -2.33. The van der Waals surface area contributed by atoms with Gasteiger partial charge in [0.1, 0.15) is 17.5 Å². The number of nitrogens with zero attached hydrogens (tertiary/aromatic N) is 4. The fourth-order valence-electron chi connectivity index (χ4n) is 4.10. The zero-order chi connectivity index (χ0) is 21.5. The molecule has 1 N–H and O–H groups in total. The molecule has 10 heteroatoms. The van der Waals surface area contributed by atoms with Gasteiger partial charge in [0.2, 0.25) is 12.7 Å². The molecule has 0 aliphatic carbocycles. The van der Waals surface area contributed by atoms with Crippen LogP contribution in [0, 0.1) is 12.8 Å². The molecule has 2 aliphatic rings. The molecule has 2 aliphatic heterocycles. The summed E-state index contributed by atoms with van der Waals surface area (Å²) < 4.78 is 16.0. The Morgan fingerprint density at radius 3 is 2.81 bits per heavy atom. The average Bonchev–Trinajstić information content (AvgIpc) is 3.39. The molecule has 1 aromatic carbocycles. The van der Waals surface area contributed by atoms with Crippen LogP contribution in [0.1, 0.15) is 35.8 Å². The first-order valence-electron chi connectivity index (χ1n) is 10.1. The number of anilines is 2. The van der Waals surface area contributed by atoms with Gasteiger partial charge < -0.3 is 24.2 Å². The molecule has 1 unspecified atom stereocenters. The Morgan fingerprint density at radius 1 is 1.19 bits per heavy atom. The van der Waals surface area contributed by atoms with Gasteiger partial charge in [-0.2, -0.15) is 4.98 Å². The number of aromatic nitrogens is 3. The second-order valence-electron chi connectivity index (χ2n) is 7.73. The highest BCUT2D eigenvalue weighted by Gasteiger charge is 2.30. The van der Waals surface area contributed by atoms with Crippen molar-refractivity contribution in [3.63, 3.8) is 0 Å². The van der Waals surface area contributed by atoms with E-state index in [0.717, 1.165) is 24.8 Å². The summed E-state index contributed by atoms with van der Waals surface area (Å²) in [5, 5.41) is 7.66. The zero-order valence-corrected chi connectivity index (χ0v) is 17.2. The average molecular weight is 423 g/mol. The number of hydrogen-bond donors (Lipinski definition) is 1. The van der Waals surface area contributed by atoms with Crippen molar-refractivity contribution in [3.8, 4) is 11.5 Å². The number of fused-ring (bicyclic) bond motifs is 2. The lowest BCUT2D eigenvalue weighted by Crippen LogP contribution is -2.41. The van der Waals surface area contributed by atoms with Crippen molar-refractivity contribution in [3.05, 3.63) is 29.7 Å². The Hall–Kier alpha value is -3.69. The molecule has 31 heavy (non-hydrogen) atoms. The summed E-state index contributed by atoms with van der Waals surface area (Å²) in [6, 6.07) is 3.26. The molecule has 1 amide bonds. The summed E-state index contributed by atoms with van der Waals surface area (Å²) in [7, 11) is 0. The van der Waals surface area contributed by atoms with E-state index in [-0.39, 0.29) is 24.4 Å². The summed E-state index contributed by atoms with van der Waals surface area (Å²) in [6.07, 6.45) is 3.01. The van der Waals surface area contributed by atoms with Gasteiger partial charge >= 0.3 is 0 Å². The Bertz CT molecular complexity index is 1190. The van der Waals surface area contributed by atoms with Crippen LogP contribution in [0.3, 0.4) is 0 Å². The maximum atomic E-state index is 13.1. The molecule has 1 atom stereocenters. The number of amides is 1. The van der Waals surface area contributed by atoms with Gasteiger partial charge in [-0.3, -0.25) is 9.59 Å². The normalized spacial score (nSPS) is 17.7. The smallest absolute Gasteiger partial charge is 0.263 e. The molecule has 160 valence electrons. The molecule has 0 saturated carbocycles. The minimum Gasteiger partial charge on any atom is -0.454 e. The van der Waals surface area contributed by atoms with Crippen LogP contribution in [0.4, 0.5) is 11.5 Å². The third kappa shape index (κ3) is 3.43. The van der Waals surface area contributed by atoms with Gasteiger partial charge in [0.05, 0.1) is 17.3 Å². The highest BCUT2D eigenvalue weighted by molar-refractivity contribution is 6.05. The number of Topliss-reactive ketones (excluding diaryl/α,β-unsaturated/α-hetero) is 1. The molecule has 0 bridgehead atoms.